The Hall–Kier alpha value is -1.75. The molecule has 5 nitrogen and oxygen atoms in total. The van der Waals surface area contributed by atoms with Crippen LogP contribution in [0.3, 0.4) is 0 Å². The maximum absolute atomic E-state index is 12.0. The van der Waals surface area contributed by atoms with Crippen molar-refractivity contribution >= 4 is 11.6 Å². The molecule has 0 saturated carbocycles. The molecule has 1 unspecified atom stereocenters. The largest absolute Gasteiger partial charge is 0.496 e. The number of hydrogen-bond acceptors (Lipinski definition) is 4. The summed E-state index contributed by atoms with van der Waals surface area (Å²) >= 11 is 0. The minimum atomic E-state index is -0.333. The van der Waals surface area contributed by atoms with Gasteiger partial charge in [-0.05, 0) is 18.6 Å². The lowest BCUT2D eigenvalue weighted by molar-refractivity contribution is 0.0913. The number of aliphatic hydroxyl groups is 1. The molecule has 1 aromatic rings. The average Bonchev–Trinajstić information content (AvgIpc) is 2.35. The Bertz CT molecular complexity index is 389. The van der Waals surface area contributed by atoms with Gasteiger partial charge in [-0.2, -0.15) is 0 Å². The van der Waals surface area contributed by atoms with Gasteiger partial charge in [-0.15, -0.1) is 0 Å². The van der Waals surface area contributed by atoms with Crippen molar-refractivity contribution in [1.29, 1.82) is 0 Å². The third kappa shape index (κ3) is 3.10. The SMILES string of the molecule is CCC(CO)NC(=O)c1c(N)cccc1OC. The number of nitrogens with two attached hydrogens (primary N) is 1. The van der Waals surface area contributed by atoms with Gasteiger partial charge in [0.05, 0.1) is 19.8 Å². The third-order valence-electron chi connectivity index (χ3n) is 2.55. The van der Waals surface area contributed by atoms with Crippen LogP contribution in [0.5, 0.6) is 5.75 Å². The summed E-state index contributed by atoms with van der Waals surface area (Å²) in [6.45, 7) is 1.78. The maximum atomic E-state index is 12.0. The predicted molar refractivity (Wildman–Crippen MR) is 66.0 cm³/mol. The Balaban J connectivity index is 2.95. The van der Waals surface area contributed by atoms with Crippen LogP contribution < -0.4 is 15.8 Å². The van der Waals surface area contributed by atoms with Gasteiger partial charge in [0, 0.05) is 5.69 Å². The lowest BCUT2D eigenvalue weighted by Gasteiger charge is -2.16. The second kappa shape index (κ2) is 6.10. The van der Waals surface area contributed by atoms with E-state index in [0.717, 1.165) is 0 Å². The van der Waals surface area contributed by atoms with Crippen molar-refractivity contribution in [2.24, 2.45) is 0 Å². The number of aliphatic hydroxyl groups excluding tert-OH is 1. The maximum Gasteiger partial charge on any atom is 0.257 e. The summed E-state index contributed by atoms with van der Waals surface area (Å²) in [5.41, 5.74) is 6.42. The zero-order valence-electron chi connectivity index (χ0n) is 10.1. The van der Waals surface area contributed by atoms with Crippen LogP contribution in [0.25, 0.3) is 0 Å². The quantitative estimate of drug-likeness (QED) is 0.662. The molecule has 0 spiro atoms. The van der Waals surface area contributed by atoms with E-state index < -0.39 is 0 Å². The van der Waals surface area contributed by atoms with Crippen LogP contribution in [-0.4, -0.2) is 30.8 Å². The predicted octanol–water partition coefficient (Wildman–Crippen LogP) is 0.778. The molecule has 94 valence electrons. The molecule has 4 N–H and O–H groups in total. The molecule has 1 rings (SSSR count). The molecule has 0 aliphatic carbocycles. The van der Waals surface area contributed by atoms with Crippen molar-refractivity contribution in [1.82, 2.24) is 5.32 Å². The molecular formula is C12H18N2O3. The Labute approximate surface area is 101 Å². The number of ether oxygens (including phenoxy) is 1. The summed E-state index contributed by atoms with van der Waals surface area (Å²) in [4.78, 5) is 12.0. The molecule has 1 aromatic carbocycles. The smallest absolute Gasteiger partial charge is 0.257 e. The molecule has 5 heteroatoms. The first kappa shape index (κ1) is 13.3. The molecule has 0 saturated heterocycles. The van der Waals surface area contributed by atoms with Gasteiger partial charge < -0.3 is 20.9 Å². The van der Waals surface area contributed by atoms with Crippen molar-refractivity contribution in [2.75, 3.05) is 19.5 Å². The zero-order valence-corrected chi connectivity index (χ0v) is 10.1. The van der Waals surface area contributed by atoms with Gasteiger partial charge in [-0.25, -0.2) is 0 Å². The molecule has 1 amide bonds. The van der Waals surface area contributed by atoms with E-state index in [9.17, 15) is 4.79 Å². The van der Waals surface area contributed by atoms with Crippen LogP contribution in [0, 0.1) is 0 Å². The minimum absolute atomic E-state index is 0.0999. The molecule has 0 heterocycles. The number of amides is 1. The van der Waals surface area contributed by atoms with Crippen molar-refractivity contribution in [2.45, 2.75) is 19.4 Å². The van der Waals surface area contributed by atoms with Crippen LogP contribution in [0.1, 0.15) is 23.7 Å². The second-order valence-electron chi connectivity index (χ2n) is 3.69. The monoisotopic (exact) mass is 238 g/mol. The van der Waals surface area contributed by atoms with Gasteiger partial charge in [0.25, 0.3) is 5.91 Å². The van der Waals surface area contributed by atoms with Crippen LogP contribution in [-0.2, 0) is 0 Å². The fraction of sp³-hybridized carbons (Fsp3) is 0.417. The number of rotatable bonds is 5. The Kier molecular flexibility index (Phi) is 4.78. The highest BCUT2D eigenvalue weighted by molar-refractivity contribution is 6.02. The van der Waals surface area contributed by atoms with Gasteiger partial charge in [0.2, 0.25) is 0 Å². The number of methoxy groups -OCH3 is 1. The van der Waals surface area contributed by atoms with E-state index in [2.05, 4.69) is 5.32 Å². The van der Waals surface area contributed by atoms with E-state index in [1.165, 1.54) is 7.11 Å². The van der Waals surface area contributed by atoms with Gasteiger partial charge >= 0.3 is 0 Å². The number of carbonyl (C=O) groups excluding carboxylic acids is 1. The highest BCUT2D eigenvalue weighted by Crippen LogP contribution is 2.23. The van der Waals surface area contributed by atoms with Crippen molar-refractivity contribution in [3.05, 3.63) is 23.8 Å². The number of nitrogen functional groups attached to an aromatic ring is 1. The molecule has 0 aromatic heterocycles. The Morgan fingerprint density at radius 2 is 2.29 bits per heavy atom. The number of benzene rings is 1. The Morgan fingerprint density at radius 1 is 1.59 bits per heavy atom. The van der Waals surface area contributed by atoms with E-state index in [1.54, 1.807) is 18.2 Å². The summed E-state index contributed by atoms with van der Waals surface area (Å²) in [5, 5.41) is 11.7. The fourth-order valence-electron chi connectivity index (χ4n) is 1.50. The Morgan fingerprint density at radius 3 is 2.82 bits per heavy atom. The first-order valence-electron chi connectivity index (χ1n) is 5.48. The van der Waals surface area contributed by atoms with Gasteiger partial charge in [-0.1, -0.05) is 13.0 Å². The van der Waals surface area contributed by atoms with Crippen LogP contribution in [0.15, 0.2) is 18.2 Å². The normalized spacial score (nSPS) is 11.9. The highest BCUT2D eigenvalue weighted by Gasteiger charge is 2.18. The molecular weight excluding hydrogens is 220 g/mol. The molecule has 0 fully saturated rings. The lowest BCUT2D eigenvalue weighted by Crippen LogP contribution is -2.37. The zero-order chi connectivity index (χ0) is 12.8. The average molecular weight is 238 g/mol. The van der Waals surface area contributed by atoms with Gasteiger partial charge in [0.1, 0.15) is 11.3 Å². The lowest BCUT2D eigenvalue weighted by atomic mass is 10.1. The van der Waals surface area contributed by atoms with Crippen molar-refractivity contribution < 1.29 is 14.6 Å². The molecule has 0 aliphatic rings. The number of carbonyl (C=O) groups is 1. The summed E-state index contributed by atoms with van der Waals surface area (Å²) in [5.74, 6) is 0.0937. The van der Waals surface area contributed by atoms with Crippen molar-refractivity contribution in [3.63, 3.8) is 0 Å². The van der Waals surface area contributed by atoms with E-state index in [-0.39, 0.29) is 18.6 Å². The minimum Gasteiger partial charge on any atom is -0.496 e. The van der Waals surface area contributed by atoms with Crippen molar-refractivity contribution in [3.8, 4) is 5.75 Å². The number of anilines is 1. The summed E-state index contributed by atoms with van der Waals surface area (Å²) < 4.78 is 5.09. The molecule has 0 aliphatic heterocycles. The number of nitrogens with one attached hydrogen (secondary N) is 1. The summed E-state index contributed by atoms with van der Waals surface area (Å²) in [7, 11) is 1.48. The molecule has 0 bridgehead atoms. The summed E-state index contributed by atoms with van der Waals surface area (Å²) in [6, 6.07) is 4.75. The molecule has 1 atom stereocenters. The van der Waals surface area contributed by atoms with Gasteiger partial charge in [-0.3, -0.25) is 4.79 Å². The summed E-state index contributed by atoms with van der Waals surface area (Å²) in [6.07, 6.45) is 0.650. The second-order valence-corrected chi connectivity index (χ2v) is 3.69. The number of hydrogen-bond donors (Lipinski definition) is 3. The molecule has 0 radical (unpaired) electrons. The first-order valence-corrected chi connectivity index (χ1v) is 5.48. The van der Waals surface area contributed by atoms with E-state index >= 15 is 0 Å². The van der Waals surface area contributed by atoms with Crippen LogP contribution in [0.2, 0.25) is 0 Å². The standard InChI is InChI=1S/C12H18N2O3/c1-3-8(7-15)14-12(16)11-9(13)5-4-6-10(11)17-2/h4-6,8,15H,3,7,13H2,1-2H3,(H,14,16). The van der Waals surface area contributed by atoms with Gasteiger partial charge in [0.15, 0.2) is 0 Å². The van der Waals surface area contributed by atoms with Crippen LogP contribution >= 0.6 is 0 Å². The highest BCUT2D eigenvalue weighted by atomic mass is 16.5. The fourth-order valence-corrected chi connectivity index (χ4v) is 1.50. The van der Waals surface area contributed by atoms with E-state index in [4.69, 9.17) is 15.6 Å². The third-order valence-corrected chi connectivity index (χ3v) is 2.55. The first-order chi connectivity index (χ1) is 8.13. The topological polar surface area (TPSA) is 84.6 Å². The van der Waals surface area contributed by atoms with Crippen LogP contribution in [0.4, 0.5) is 5.69 Å². The van der Waals surface area contributed by atoms with E-state index in [0.29, 0.717) is 23.4 Å². The van der Waals surface area contributed by atoms with E-state index in [1.807, 2.05) is 6.92 Å². The molecule has 17 heavy (non-hydrogen) atoms.